The van der Waals surface area contributed by atoms with Crippen LogP contribution in [0.5, 0.6) is 0 Å². The van der Waals surface area contributed by atoms with Crippen LogP contribution in [0, 0.1) is 5.82 Å². The van der Waals surface area contributed by atoms with E-state index in [0.29, 0.717) is 41.3 Å². The van der Waals surface area contributed by atoms with Crippen molar-refractivity contribution in [2.75, 3.05) is 31.3 Å². The Balaban J connectivity index is 1.69. The van der Waals surface area contributed by atoms with Crippen LogP contribution in [-0.2, 0) is 4.79 Å². The van der Waals surface area contributed by atoms with Crippen LogP contribution >= 0.6 is 11.6 Å². The second-order valence-electron chi connectivity index (χ2n) is 7.91. The Morgan fingerprint density at radius 3 is 2.71 bits per heavy atom. The summed E-state index contributed by atoms with van der Waals surface area (Å²) in [6, 6.07) is 5.62. The zero-order chi connectivity index (χ0) is 24.7. The molecule has 1 aromatic carbocycles. The summed E-state index contributed by atoms with van der Waals surface area (Å²) in [6.45, 7) is 0.725. The van der Waals surface area contributed by atoms with E-state index in [1.165, 1.54) is 36.8 Å². The fourth-order valence-corrected chi connectivity index (χ4v) is 3.26. The molecule has 0 aliphatic carbocycles. The topological polar surface area (TPSA) is 83.0 Å². The molecule has 7 nitrogen and oxygen atoms in total. The number of alkyl halides is 2. The molecule has 0 saturated carbocycles. The lowest BCUT2D eigenvalue weighted by atomic mass is 10.1. The highest BCUT2D eigenvalue weighted by Gasteiger charge is 2.24. The van der Waals surface area contributed by atoms with E-state index in [1.54, 1.807) is 0 Å². The minimum absolute atomic E-state index is 0.0562. The number of halogens is 4. The van der Waals surface area contributed by atoms with Gasteiger partial charge in [-0.15, -0.1) is 0 Å². The summed E-state index contributed by atoms with van der Waals surface area (Å²) in [7, 11) is 3.76. The van der Waals surface area contributed by atoms with Gasteiger partial charge in [-0.05, 0) is 63.8 Å². The quantitative estimate of drug-likeness (QED) is 0.290. The van der Waals surface area contributed by atoms with E-state index in [-0.39, 0.29) is 17.3 Å². The van der Waals surface area contributed by atoms with E-state index in [9.17, 15) is 18.0 Å². The van der Waals surface area contributed by atoms with Gasteiger partial charge in [0.25, 0.3) is 5.92 Å². The van der Waals surface area contributed by atoms with Gasteiger partial charge in [-0.2, -0.15) is 0 Å². The van der Waals surface area contributed by atoms with Crippen molar-refractivity contribution >= 4 is 45.7 Å². The van der Waals surface area contributed by atoms with Gasteiger partial charge in [0, 0.05) is 23.6 Å². The summed E-state index contributed by atoms with van der Waals surface area (Å²) in [5.41, 5.74) is 0.966. The van der Waals surface area contributed by atoms with Crippen LogP contribution in [-0.4, -0.2) is 52.3 Å². The summed E-state index contributed by atoms with van der Waals surface area (Å²) in [6.07, 6.45) is 4.80. The number of hydrogen-bond donors (Lipinski definition) is 2. The predicted octanol–water partition coefficient (Wildman–Crippen LogP) is 5.42. The van der Waals surface area contributed by atoms with Crippen LogP contribution in [0.25, 0.3) is 10.9 Å². The van der Waals surface area contributed by atoms with Gasteiger partial charge in [-0.3, -0.25) is 4.79 Å². The van der Waals surface area contributed by atoms with Gasteiger partial charge in [0.1, 0.15) is 23.8 Å². The Labute approximate surface area is 200 Å². The molecule has 11 heteroatoms. The van der Waals surface area contributed by atoms with Crippen LogP contribution in [0.2, 0.25) is 5.02 Å². The number of hydrogen-bond acceptors (Lipinski definition) is 6. The largest absolute Gasteiger partial charge is 0.340 e. The van der Waals surface area contributed by atoms with Gasteiger partial charge in [0.05, 0.1) is 16.7 Å². The molecular weight excluding hydrogens is 469 g/mol. The average Bonchev–Trinajstić information content (AvgIpc) is 2.78. The van der Waals surface area contributed by atoms with Crippen molar-refractivity contribution in [1.82, 2.24) is 19.9 Å². The van der Waals surface area contributed by atoms with Gasteiger partial charge in [0.15, 0.2) is 0 Å². The van der Waals surface area contributed by atoms with Crippen molar-refractivity contribution < 1.29 is 18.0 Å². The number of carbonyl (C=O) groups is 1. The van der Waals surface area contributed by atoms with Crippen molar-refractivity contribution in [3.8, 4) is 0 Å². The molecule has 1 amide bonds. The lowest BCUT2D eigenvalue weighted by molar-refractivity contribution is -0.112. The third-order valence-corrected chi connectivity index (χ3v) is 5.09. The molecule has 0 bridgehead atoms. The fraction of sp³-hybridized carbons (Fsp3) is 0.304. The second-order valence-corrected chi connectivity index (χ2v) is 8.31. The molecule has 0 aliphatic heterocycles. The van der Waals surface area contributed by atoms with Gasteiger partial charge < -0.3 is 15.5 Å². The molecule has 0 atom stereocenters. The number of nitrogens with one attached hydrogen (secondary N) is 2. The number of anilines is 3. The highest BCUT2D eigenvalue weighted by molar-refractivity contribution is 6.31. The number of rotatable bonds is 10. The molecule has 3 aromatic rings. The number of pyridine rings is 1. The van der Waals surface area contributed by atoms with E-state index < -0.39 is 17.6 Å². The number of amides is 1. The second kappa shape index (κ2) is 11.3. The van der Waals surface area contributed by atoms with Crippen molar-refractivity contribution in [1.29, 1.82) is 0 Å². The number of nitrogens with zero attached hydrogens (tertiary/aromatic N) is 4. The lowest BCUT2D eigenvalue weighted by Gasteiger charge is -2.13. The molecule has 2 aromatic heterocycles. The predicted molar refractivity (Wildman–Crippen MR) is 127 cm³/mol. The minimum Gasteiger partial charge on any atom is -0.340 e. The molecule has 2 N–H and O–H groups in total. The fourth-order valence-electron chi connectivity index (χ4n) is 3.08. The summed E-state index contributed by atoms with van der Waals surface area (Å²) >= 11 is 5.82. The molecule has 0 saturated heterocycles. The van der Waals surface area contributed by atoms with Crippen LogP contribution in [0.4, 0.5) is 30.5 Å². The van der Waals surface area contributed by atoms with Crippen LogP contribution < -0.4 is 10.6 Å². The van der Waals surface area contributed by atoms with Gasteiger partial charge in [0.2, 0.25) is 5.91 Å². The summed E-state index contributed by atoms with van der Waals surface area (Å²) in [4.78, 5) is 26.5. The van der Waals surface area contributed by atoms with Crippen LogP contribution in [0.1, 0.15) is 19.3 Å². The maximum absolute atomic E-state index is 14.0. The molecule has 0 unspecified atom stereocenters. The number of benzene rings is 1. The van der Waals surface area contributed by atoms with Crippen molar-refractivity contribution in [2.45, 2.75) is 25.2 Å². The average molecular weight is 493 g/mol. The highest BCUT2D eigenvalue weighted by atomic mass is 35.5. The third-order valence-electron chi connectivity index (χ3n) is 4.80. The number of aromatic nitrogens is 3. The van der Waals surface area contributed by atoms with Crippen LogP contribution in [0.15, 0.2) is 48.9 Å². The summed E-state index contributed by atoms with van der Waals surface area (Å²) < 4.78 is 41.5. The highest BCUT2D eigenvalue weighted by Crippen LogP contribution is 2.27. The van der Waals surface area contributed by atoms with Gasteiger partial charge in [-0.1, -0.05) is 11.6 Å². The Morgan fingerprint density at radius 1 is 1.18 bits per heavy atom. The van der Waals surface area contributed by atoms with E-state index in [2.05, 4.69) is 25.6 Å². The Morgan fingerprint density at radius 2 is 1.97 bits per heavy atom. The maximum atomic E-state index is 14.0. The Bertz CT molecular complexity index is 1190. The normalized spacial score (nSPS) is 12.0. The third kappa shape index (κ3) is 7.39. The van der Waals surface area contributed by atoms with Gasteiger partial charge in [-0.25, -0.2) is 28.1 Å². The first-order chi connectivity index (χ1) is 16.1. The maximum Gasteiger partial charge on any atom is 0.266 e. The molecule has 34 heavy (non-hydrogen) atoms. The first kappa shape index (κ1) is 25.4. The molecule has 2 heterocycles. The molecule has 0 radical (unpaired) electrons. The standard InChI is InChI=1S/C23H24ClF3N6O/c1-33(2)10-4-3-8-23(26,27)9-7-21(34)32-20-12-16-19(13-28-20)29-14-30-22(16)31-15-5-6-18(25)17(24)11-15/h5-7,9,11-14H,3-4,8,10H2,1-2H3,(H,28,32,34)(H,29,30,31)/b9-7+. The van der Waals surface area contributed by atoms with Gasteiger partial charge >= 0.3 is 0 Å². The zero-order valence-corrected chi connectivity index (χ0v) is 19.4. The number of fused-ring (bicyclic) bond motifs is 1. The smallest absolute Gasteiger partial charge is 0.266 e. The molecule has 0 spiro atoms. The van der Waals surface area contributed by atoms with Crippen molar-refractivity contribution in [3.63, 3.8) is 0 Å². The lowest BCUT2D eigenvalue weighted by Crippen LogP contribution is -2.17. The molecule has 0 fully saturated rings. The van der Waals surface area contributed by atoms with E-state index in [0.717, 1.165) is 12.6 Å². The summed E-state index contributed by atoms with van der Waals surface area (Å²) in [5, 5.41) is 5.93. The first-order valence-electron chi connectivity index (χ1n) is 10.5. The zero-order valence-electron chi connectivity index (χ0n) is 18.7. The SMILES string of the molecule is CN(C)CCCCC(F)(F)/C=C/C(=O)Nc1cc2c(Nc3ccc(F)c(Cl)c3)ncnc2cn1. The number of carbonyl (C=O) groups excluding carboxylic acids is 1. The Kier molecular flexibility index (Phi) is 8.41. The van der Waals surface area contributed by atoms with Crippen molar-refractivity contribution in [2.24, 2.45) is 0 Å². The number of allylic oxidation sites excluding steroid dienone is 1. The molecule has 3 rings (SSSR count). The summed E-state index contributed by atoms with van der Waals surface area (Å²) in [5.74, 6) is -3.88. The molecule has 0 aliphatic rings. The van der Waals surface area contributed by atoms with E-state index in [1.807, 2.05) is 19.0 Å². The number of unbranched alkanes of at least 4 members (excludes halogenated alkanes) is 1. The molecule has 180 valence electrons. The van der Waals surface area contributed by atoms with E-state index >= 15 is 0 Å². The Hall–Kier alpha value is -3.24. The van der Waals surface area contributed by atoms with Crippen LogP contribution in [0.3, 0.4) is 0 Å². The van der Waals surface area contributed by atoms with Crippen molar-refractivity contribution in [3.05, 3.63) is 59.8 Å². The monoisotopic (exact) mass is 492 g/mol. The minimum atomic E-state index is -3.08. The first-order valence-corrected chi connectivity index (χ1v) is 10.9. The van der Waals surface area contributed by atoms with E-state index in [4.69, 9.17) is 11.6 Å². The molecular formula is C23H24ClF3N6O.